The Labute approximate surface area is 190 Å². The lowest BCUT2D eigenvalue weighted by Gasteiger charge is -2.55. The molecular formula is C23H35N5O4. The molecule has 1 aromatic rings. The molecule has 4 amide bonds. The Kier molecular flexibility index (Phi) is 8.09. The number of ether oxygens (including phenoxy) is 1. The summed E-state index contributed by atoms with van der Waals surface area (Å²) >= 11 is 0. The number of benzene rings is 1. The maximum absolute atomic E-state index is 13.3. The second-order valence-electron chi connectivity index (χ2n) is 8.55. The largest absolute Gasteiger partial charge is 0.385 e. The van der Waals surface area contributed by atoms with E-state index in [1.807, 2.05) is 44.2 Å². The van der Waals surface area contributed by atoms with Crippen LogP contribution in [-0.2, 0) is 20.9 Å². The van der Waals surface area contributed by atoms with Crippen molar-refractivity contribution in [3.05, 3.63) is 35.9 Å². The third-order valence-corrected chi connectivity index (χ3v) is 6.33. The highest BCUT2D eigenvalue weighted by atomic mass is 16.5. The lowest BCUT2D eigenvalue weighted by Crippen LogP contribution is -2.76. The fourth-order valence-electron chi connectivity index (χ4n) is 4.45. The average Bonchev–Trinajstić information content (AvgIpc) is 2.78. The van der Waals surface area contributed by atoms with Gasteiger partial charge in [0, 0.05) is 33.9 Å². The number of carbonyl (C=O) groups excluding carboxylic acids is 3. The predicted octanol–water partition coefficient (Wildman–Crippen LogP) is 1.51. The van der Waals surface area contributed by atoms with Gasteiger partial charge in [0.05, 0.1) is 13.1 Å². The van der Waals surface area contributed by atoms with Crippen LogP contribution in [-0.4, -0.2) is 90.3 Å². The number of hydrogen-bond donors (Lipinski definition) is 1. The number of carbonyl (C=O) groups is 3. The molecule has 9 nitrogen and oxygen atoms in total. The van der Waals surface area contributed by atoms with Gasteiger partial charge in [0.2, 0.25) is 11.8 Å². The lowest BCUT2D eigenvalue weighted by molar-refractivity contribution is -0.190. The van der Waals surface area contributed by atoms with E-state index in [4.69, 9.17) is 4.74 Å². The van der Waals surface area contributed by atoms with Crippen molar-refractivity contribution >= 4 is 17.8 Å². The average molecular weight is 446 g/mol. The smallest absolute Gasteiger partial charge is 0.334 e. The molecule has 176 valence electrons. The van der Waals surface area contributed by atoms with Crippen molar-refractivity contribution in [2.75, 3.05) is 40.4 Å². The number of methoxy groups -OCH3 is 1. The van der Waals surface area contributed by atoms with Crippen LogP contribution < -0.4 is 5.32 Å². The molecular weight excluding hydrogens is 410 g/mol. The van der Waals surface area contributed by atoms with Crippen LogP contribution >= 0.6 is 0 Å². The van der Waals surface area contributed by atoms with E-state index in [1.54, 1.807) is 34.0 Å². The zero-order valence-electron chi connectivity index (χ0n) is 19.5. The minimum absolute atomic E-state index is 0.0168. The molecule has 3 atom stereocenters. The van der Waals surface area contributed by atoms with Crippen molar-refractivity contribution in [3.63, 3.8) is 0 Å². The molecule has 3 rings (SSSR count). The first kappa shape index (κ1) is 24.0. The summed E-state index contributed by atoms with van der Waals surface area (Å²) in [5, 5.41) is 6.21. The molecule has 2 heterocycles. The highest BCUT2D eigenvalue weighted by Gasteiger charge is 2.51. The van der Waals surface area contributed by atoms with Crippen LogP contribution in [0.25, 0.3) is 0 Å². The number of nitrogens with zero attached hydrogens (tertiary/aromatic N) is 4. The number of rotatable bonds is 8. The number of hydrazine groups is 1. The fraction of sp³-hybridized carbons (Fsp3) is 0.609. The number of hydrogen-bond acceptors (Lipinski definition) is 5. The first-order chi connectivity index (χ1) is 15.4. The molecule has 2 saturated heterocycles. The van der Waals surface area contributed by atoms with Crippen LogP contribution in [0.1, 0.15) is 32.3 Å². The van der Waals surface area contributed by atoms with Gasteiger partial charge in [-0.3, -0.25) is 9.59 Å². The third kappa shape index (κ3) is 5.05. The number of urea groups is 1. The quantitative estimate of drug-likeness (QED) is 0.613. The summed E-state index contributed by atoms with van der Waals surface area (Å²) in [6.07, 6.45) is 0.914. The summed E-state index contributed by atoms with van der Waals surface area (Å²) in [5.74, 6) is -0.189. The molecule has 1 unspecified atom stereocenters. The summed E-state index contributed by atoms with van der Waals surface area (Å²) in [5.41, 5.74) is 0.992. The molecule has 0 saturated carbocycles. The van der Waals surface area contributed by atoms with Gasteiger partial charge in [0.25, 0.3) is 0 Å². The standard InChI is InChI=1S/C23H35N5O4/c1-5-17(2)21-22(30)26(12-9-13-32-4)15-19-27(21)20(29)16-25(3)28(19)23(31)24-14-18-10-7-6-8-11-18/h6-8,10-11,17,19,21H,5,9,12-16H2,1-4H3,(H,24,31)/t17?,19-,21-/m0/s1. The van der Waals surface area contributed by atoms with E-state index in [0.717, 1.165) is 12.0 Å². The first-order valence-corrected chi connectivity index (χ1v) is 11.3. The zero-order valence-corrected chi connectivity index (χ0v) is 19.5. The summed E-state index contributed by atoms with van der Waals surface area (Å²) < 4.78 is 5.15. The van der Waals surface area contributed by atoms with Crippen molar-refractivity contribution in [2.45, 2.75) is 45.4 Å². The Morgan fingerprint density at radius 3 is 2.62 bits per heavy atom. The van der Waals surface area contributed by atoms with E-state index in [0.29, 0.717) is 26.1 Å². The SMILES string of the molecule is CCC(C)[C@H]1C(=O)N(CCCOC)C[C@H]2N1C(=O)CN(C)N2C(=O)NCc1ccccc1. The van der Waals surface area contributed by atoms with Gasteiger partial charge in [0.15, 0.2) is 0 Å². The second-order valence-corrected chi connectivity index (χ2v) is 8.55. The van der Waals surface area contributed by atoms with Crippen molar-refractivity contribution in [1.82, 2.24) is 25.1 Å². The molecule has 0 aliphatic carbocycles. The summed E-state index contributed by atoms with van der Waals surface area (Å²) in [7, 11) is 3.37. The molecule has 1 aromatic carbocycles. The number of likely N-dealkylation sites (N-methyl/N-ethyl adjacent to an activating group) is 1. The highest BCUT2D eigenvalue weighted by molar-refractivity contribution is 5.91. The fourth-order valence-corrected chi connectivity index (χ4v) is 4.45. The van der Waals surface area contributed by atoms with Gasteiger partial charge in [-0.2, -0.15) is 0 Å². The van der Waals surface area contributed by atoms with Gasteiger partial charge in [-0.15, -0.1) is 0 Å². The maximum atomic E-state index is 13.3. The molecule has 1 N–H and O–H groups in total. The molecule has 2 aliphatic heterocycles. The van der Waals surface area contributed by atoms with Crippen LogP contribution in [0, 0.1) is 5.92 Å². The Balaban J connectivity index is 1.85. The minimum Gasteiger partial charge on any atom is -0.385 e. The second kappa shape index (κ2) is 10.8. The Hall–Kier alpha value is -2.65. The lowest BCUT2D eigenvalue weighted by atomic mass is 9.92. The summed E-state index contributed by atoms with van der Waals surface area (Å²) in [6.45, 7) is 5.80. The summed E-state index contributed by atoms with van der Waals surface area (Å²) in [6, 6.07) is 8.82. The Bertz CT molecular complexity index is 805. The van der Waals surface area contributed by atoms with Crippen molar-refractivity contribution in [3.8, 4) is 0 Å². The predicted molar refractivity (Wildman–Crippen MR) is 120 cm³/mol. The van der Waals surface area contributed by atoms with Gasteiger partial charge in [0.1, 0.15) is 12.2 Å². The first-order valence-electron chi connectivity index (χ1n) is 11.3. The minimum atomic E-state index is -0.577. The van der Waals surface area contributed by atoms with Crippen LogP contribution in [0.5, 0.6) is 0 Å². The van der Waals surface area contributed by atoms with E-state index in [9.17, 15) is 14.4 Å². The normalized spacial score (nSPS) is 22.7. The van der Waals surface area contributed by atoms with Crippen molar-refractivity contribution in [1.29, 1.82) is 0 Å². The van der Waals surface area contributed by atoms with Crippen LogP contribution in [0.4, 0.5) is 4.79 Å². The summed E-state index contributed by atoms with van der Waals surface area (Å²) in [4.78, 5) is 43.1. The number of fused-ring (bicyclic) bond motifs is 1. The maximum Gasteiger partial charge on any atom is 0.334 e. The zero-order chi connectivity index (χ0) is 23.3. The number of nitrogens with one attached hydrogen (secondary N) is 1. The van der Waals surface area contributed by atoms with Gasteiger partial charge in [-0.05, 0) is 17.9 Å². The molecule has 2 aliphatic rings. The molecule has 9 heteroatoms. The van der Waals surface area contributed by atoms with Gasteiger partial charge < -0.3 is 19.9 Å². The molecule has 0 spiro atoms. The Morgan fingerprint density at radius 1 is 1.25 bits per heavy atom. The van der Waals surface area contributed by atoms with E-state index >= 15 is 0 Å². The number of amides is 4. The van der Waals surface area contributed by atoms with Crippen molar-refractivity contribution < 1.29 is 19.1 Å². The molecule has 0 aromatic heterocycles. The van der Waals surface area contributed by atoms with E-state index in [2.05, 4.69) is 5.32 Å². The van der Waals surface area contributed by atoms with E-state index in [-0.39, 0.29) is 36.9 Å². The van der Waals surface area contributed by atoms with E-state index < -0.39 is 12.2 Å². The monoisotopic (exact) mass is 445 g/mol. The molecule has 2 fully saturated rings. The molecule has 32 heavy (non-hydrogen) atoms. The highest BCUT2D eigenvalue weighted by Crippen LogP contribution is 2.30. The third-order valence-electron chi connectivity index (χ3n) is 6.33. The van der Waals surface area contributed by atoms with Crippen LogP contribution in [0.2, 0.25) is 0 Å². The topological polar surface area (TPSA) is 85.4 Å². The van der Waals surface area contributed by atoms with E-state index in [1.165, 1.54) is 0 Å². The van der Waals surface area contributed by atoms with Crippen LogP contribution in [0.3, 0.4) is 0 Å². The molecule has 0 bridgehead atoms. The Morgan fingerprint density at radius 2 is 1.97 bits per heavy atom. The van der Waals surface area contributed by atoms with Crippen LogP contribution in [0.15, 0.2) is 30.3 Å². The van der Waals surface area contributed by atoms with Gasteiger partial charge in [-0.25, -0.2) is 14.8 Å². The van der Waals surface area contributed by atoms with Crippen molar-refractivity contribution in [2.24, 2.45) is 5.92 Å². The van der Waals surface area contributed by atoms with Gasteiger partial charge >= 0.3 is 6.03 Å². The molecule has 0 radical (unpaired) electrons. The van der Waals surface area contributed by atoms with Gasteiger partial charge in [-0.1, -0.05) is 50.6 Å². The number of piperazine rings is 1.